The molecule has 0 aliphatic heterocycles. The SMILES string of the molecule is Nc1nc(-c2cncs2)nc(C2CCCCCC2)n1. The van der Waals surface area contributed by atoms with E-state index in [0.29, 0.717) is 17.7 Å². The summed E-state index contributed by atoms with van der Waals surface area (Å²) in [5.41, 5.74) is 7.61. The second-order valence-corrected chi connectivity index (χ2v) is 5.82. The highest BCUT2D eigenvalue weighted by Crippen LogP contribution is 2.31. The third kappa shape index (κ3) is 2.89. The highest BCUT2D eigenvalue weighted by Gasteiger charge is 2.19. The molecule has 2 aromatic heterocycles. The monoisotopic (exact) mass is 275 g/mol. The number of hydrogen-bond donors (Lipinski definition) is 1. The Balaban J connectivity index is 1.92. The lowest BCUT2D eigenvalue weighted by atomic mass is 10.00. The first-order valence-corrected chi connectivity index (χ1v) is 7.61. The number of hydrogen-bond acceptors (Lipinski definition) is 6. The Hall–Kier alpha value is -1.56. The molecule has 0 radical (unpaired) electrons. The summed E-state index contributed by atoms with van der Waals surface area (Å²) in [5, 5.41) is 0. The maximum atomic E-state index is 5.83. The van der Waals surface area contributed by atoms with E-state index in [4.69, 9.17) is 5.73 Å². The van der Waals surface area contributed by atoms with Gasteiger partial charge in [-0.2, -0.15) is 9.97 Å². The largest absolute Gasteiger partial charge is 0.368 e. The van der Waals surface area contributed by atoms with E-state index in [-0.39, 0.29) is 0 Å². The van der Waals surface area contributed by atoms with Crippen LogP contribution in [0.15, 0.2) is 11.7 Å². The van der Waals surface area contributed by atoms with Crippen molar-refractivity contribution in [3.63, 3.8) is 0 Å². The number of nitrogens with two attached hydrogens (primary N) is 1. The molecule has 1 fully saturated rings. The Labute approximate surface area is 116 Å². The molecule has 2 heterocycles. The van der Waals surface area contributed by atoms with Crippen LogP contribution in [0.4, 0.5) is 5.95 Å². The van der Waals surface area contributed by atoms with Crippen molar-refractivity contribution in [3.8, 4) is 10.7 Å². The Bertz CT molecular complexity index is 532. The van der Waals surface area contributed by atoms with Gasteiger partial charge in [0.1, 0.15) is 5.82 Å². The number of aromatic nitrogens is 4. The maximum Gasteiger partial charge on any atom is 0.223 e. The predicted octanol–water partition coefficient (Wildman–Crippen LogP) is 3.02. The zero-order valence-electron chi connectivity index (χ0n) is 10.7. The van der Waals surface area contributed by atoms with Crippen LogP contribution in [0.2, 0.25) is 0 Å². The second kappa shape index (κ2) is 5.61. The first-order valence-electron chi connectivity index (χ1n) is 6.73. The summed E-state index contributed by atoms with van der Waals surface area (Å²) >= 11 is 1.52. The summed E-state index contributed by atoms with van der Waals surface area (Å²) in [7, 11) is 0. The van der Waals surface area contributed by atoms with Gasteiger partial charge >= 0.3 is 0 Å². The molecule has 0 spiro atoms. The Morgan fingerprint density at radius 1 is 1.05 bits per heavy atom. The van der Waals surface area contributed by atoms with E-state index in [1.807, 2.05) is 0 Å². The average Bonchev–Trinajstić information content (AvgIpc) is 2.81. The number of anilines is 1. The van der Waals surface area contributed by atoms with Gasteiger partial charge in [0.15, 0.2) is 5.82 Å². The molecule has 19 heavy (non-hydrogen) atoms. The van der Waals surface area contributed by atoms with Gasteiger partial charge in [0, 0.05) is 12.1 Å². The van der Waals surface area contributed by atoms with Gasteiger partial charge in [0.2, 0.25) is 5.95 Å². The van der Waals surface area contributed by atoms with Crippen molar-refractivity contribution >= 4 is 17.3 Å². The van der Waals surface area contributed by atoms with Gasteiger partial charge in [-0.3, -0.25) is 4.98 Å². The molecule has 1 saturated carbocycles. The molecule has 1 aliphatic rings. The van der Waals surface area contributed by atoms with Crippen LogP contribution in [-0.4, -0.2) is 19.9 Å². The predicted molar refractivity (Wildman–Crippen MR) is 75.8 cm³/mol. The molecule has 100 valence electrons. The molecule has 2 aromatic rings. The Morgan fingerprint density at radius 3 is 2.53 bits per heavy atom. The van der Waals surface area contributed by atoms with Gasteiger partial charge in [-0.15, -0.1) is 11.3 Å². The zero-order valence-corrected chi connectivity index (χ0v) is 11.6. The fourth-order valence-corrected chi connectivity index (χ4v) is 3.12. The minimum atomic E-state index is 0.317. The van der Waals surface area contributed by atoms with E-state index in [1.165, 1.54) is 37.0 Å². The van der Waals surface area contributed by atoms with Crippen molar-refractivity contribution in [2.45, 2.75) is 44.4 Å². The van der Waals surface area contributed by atoms with Gasteiger partial charge in [-0.25, -0.2) is 4.98 Å². The van der Waals surface area contributed by atoms with E-state index in [9.17, 15) is 0 Å². The van der Waals surface area contributed by atoms with E-state index in [1.54, 1.807) is 11.7 Å². The highest BCUT2D eigenvalue weighted by atomic mass is 32.1. The standard InChI is InChI=1S/C13H17N5S/c14-13-17-11(9-5-3-1-2-4-6-9)16-12(18-13)10-7-15-8-19-10/h7-9H,1-6H2,(H2,14,16,17,18). The second-order valence-electron chi connectivity index (χ2n) is 4.93. The van der Waals surface area contributed by atoms with Crippen molar-refractivity contribution < 1.29 is 0 Å². The summed E-state index contributed by atoms with van der Waals surface area (Å²) in [5.74, 6) is 2.27. The molecule has 3 rings (SSSR count). The van der Waals surface area contributed by atoms with Crippen molar-refractivity contribution in [2.75, 3.05) is 5.73 Å². The third-order valence-electron chi connectivity index (χ3n) is 3.54. The Morgan fingerprint density at radius 2 is 1.84 bits per heavy atom. The number of rotatable bonds is 2. The molecule has 1 aliphatic carbocycles. The van der Waals surface area contributed by atoms with Crippen LogP contribution in [0.1, 0.15) is 50.3 Å². The molecular weight excluding hydrogens is 258 g/mol. The molecule has 5 nitrogen and oxygen atoms in total. The van der Waals surface area contributed by atoms with Crippen LogP contribution in [0, 0.1) is 0 Å². The minimum absolute atomic E-state index is 0.317. The molecule has 0 unspecified atom stereocenters. The molecule has 0 aromatic carbocycles. The topological polar surface area (TPSA) is 77.6 Å². The molecule has 0 saturated heterocycles. The lowest BCUT2D eigenvalue weighted by Crippen LogP contribution is -2.09. The van der Waals surface area contributed by atoms with Gasteiger partial charge in [0.05, 0.1) is 10.4 Å². The van der Waals surface area contributed by atoms with Crippen LogP contribution >= 0.6 is 11.3 Å². The van der Waals surface area contributed by atoms with E-state index in [0.717, 1.165) is 23.5 Å². The maximum absolute atomic E-state index is 5.83. The zero-order chi connectivity index (χ0) is 13.1. The fraction of sp³-hybridized carbons (Fsp3) is 0.538. The summed E-state index contributed by atoms with van der Waals surface area (Å²) in [4.78, 5) is 18.2. The van der Waals surface area contributed by atoms with Crippen molar-refractivity contribution in [2.24, 2.45) is 0 Å². The quantitative estimate of drug-likeness (QED) is 0.852. The van der Waals surface area contributed by atoms with Gasteiger partial charge in [0.25, 0.3) is 0 Å². The Kier molecular flexibility index (Phi) is 3.68. The molecule has 2 N–H and O–H groups in total. The number of nitrogen functional groups attached to an aromatic ring is 1. The minimum Gasteiger partial charge on any atom is -0.368 e. The van der Waals surface area contributed by atoms with Crippen molar-refractivity contribution in [3.05, 3.63) is 17.5 Å². The summed E-state index contributed by atoms with van der Waals surface area (Å²) in [6.45, 7) is 0. The van der Waals surface area contributed by atoms with Crippen LogP contribution in [0.3, 0.4) is 0 Å². The normalized spacial score (nSPS) is 17.3. The fourth-order valence-electron chi connectivity index (χ4n) is 2.57. The van der Waals surface area contributed by atoms with Crippen LogP contribution in [0.25, 0.3) is 10.7 Å². The summed E-state index contributed by atoms with van der Waals surface area (Å²) in [6.07, 6.45) is 9.24. The van der Waals surface area contributed by atoms with E-state index < -0.39 is 0 Å². The first kappa shape index (κ1) is 12.5. The smallest absolute Gasteiger partial charge is 0.223 e. The molecular formula is C13H17N5S. The molecule has 0 bridgehead atoms. The molecule has 0 atom stereocenters. The highest BCUT2D eigenvalue weighted by molar-refractivity contribution is 7.13. The van der Waals surface area contributed by atoms with Gasteiger partial charge in [-0.05, 0) is 12.8 Å². The van der Waals surface area contributed by atoms with Crippen LogP contribution in [0.5, 0.6) is 0 Å². The van der Waals surface area contributed by atoms with E-state index >= 15 is 0 Å². The third-order valence-corrected chi connectivity index (χ3v) is 4.31. The molecule has 6 heteroatoms. The van der Waals surface area contributed by atoms with Gasteiger partial charge in [-0.1, -0.05) is 25.7 Å². The van der Waals surface area contributed by atoms with Gasteiger partial charge < -0.3 is 5.73 Å². The van der Waals surface area contributed by atoms with Crippen LogP contribution < -0.4 is 5.73 Å². The average molecular weight is 275 g/mol. The number of thiazole rings is 1. The lowest BCUT2D eigenvalue weighted by Gasteiger charge is -2.13. The molecule has 0 amide bonds. The first-order chi connectivity index (χ1) is 9.33. The summed E-state index contributed by atoms with van der Waals surface area (Å²) < 4.78 is 0. The summed E-state index contributed by atoms with van der Waals surface area (Å²) in [6, 6.07) is 0. The van der Waals surface area contributed by atoms with Crippen LogP contribution in [-0.2, 0) is 0 Å². The number of nitrogens with zero attached hydrogens (tertiary/aromatic N) is 4. The van der Waals surface area contributed by atoms with Crippen molar-refractivity contribution in [1.82, 2.24) is 19.9 Å². The van der Waals surface area contributed by atoms with Crippen molar-refractivity contribution in [1.29, 1.82) is 0 Å². The lowest BCUT2D eigenvalue weighted by molar-refractivity contribution is 0.559. The van der Waals surface area contributed by atoms with E-state index in [2.05, 4.69) is 19.9 Å².